The molecule has 1 aliphatic rings. The average molecular weight is 140 g/mol. The van der Waals surface area contributed by atoms with Crippen LogP contribution in [0, 0.1) is 0 Å². The normalized spacial score (nSPS) is 18.3. The van der Waals surface area contributed by atoms with Crippen LogP contribution in [0.15, 0.2) is 23.5 Å². The summed E-state index contributed by atoms with van der Waals surface area (Å²) < 4.78 is 0. The molecule has 0 radical (unpaired) electrons. The van der Waals surface area contributed by atoms with Crippen LogP contribution < -0.4 is 0 Å². The maximum Gasteiger partial charge on any atom is 0.219 e. The van der Waals surface area contributed by atoms with Gasteiger partial charge in [0, 0.05) is 5.57 Å². The number of hydrogen-bond acceptors (Lipinski definition) is 3. The van der Waals surface area contributed by atoms with Crippen LogP contribution in [0.1, 0.15) is 6.42 Å². The maximum atomic E-state index is 10.7. The summed E-state index contributed by atoms with van der Waals surface area (Å²) in [7, 11) is 0. The molecule has 0 spiro atoms. The van der Waals surface area contributed by atoms with Crippen molar-refractivity contribution >= 4 is 5.78 Å². The lowest BCUT2D eigenvalue weighted by Gasteiger charge is -2.06. The van der Waals surface area contributed by atoms with E-state index < -0.39 is 5.78 Å². The fraction of sp³-hybridized carbons (Fsp3) is 0.286. The third-order valence-corrected chi connectivity index (χ3v) is 1.39. The molecular formula is C7H8O3. The number of carbonyl (C=O) groups is 1. The average Bonchev–Trinajstić information content (AvgIpc) is 1.95. The van der Waals surface area contributed by atoms with Crippen molar-refractivity contribution in [2.24, 2.45) is 0 Å². The van der Waals surface area contributed by atoms with Gasteiger partial charge in [-0.3, -0.25) is 4.79 Å². The summed E-state index contributed by atoms with van der Waals surface area (Å²) in [5.74, 6) is -0.722. The fourth-order valence-corrected chi connectivity index (χ4v) is 0.797. The number of rotatable bonds is 1. The summed E-state index contributed by atoms with van der Waals surface area (Å²) in [5, 5.41) is 17.5. The molecule has 0 amide bonds. The van der Waals surface area contributed by atoms with E-state index in [1.54, 1.807) is 6.08 Å². The summed E-state index contributed by atoms with van der Waals surface area (Å²) in [4.78, 5) is 10.7. The molecule has 3 nitrogen and oxygen atoms in total. The number of carbonyl (C=O) groups excluding carboxylic acids is 1. The first-order chi connectivity index (χ1) is 4.75. The van der Waals surface area contributed by atoms with Gasteiger partial charge in [0.05, 0.1) is 6.61 Å². The molecule has 3 heteroatoms. The Bertz CT molecular complexity index is 213. The van der Waals surface area contributed by atoms with Gasteiger partial charge in [-0.05, 0) is 12.5 Å². The van der Waals surface area contributed by atoms with Gasteiger partial charge in [-0.1, -0.05) is 6.08 Å². The largest absolute Gasteiger partial charge is 0.504 e. The van der Waals surface area contributed by atoms with E-state index in [9.17, 15) is 4.79 Å². The predicted octanol–water partition coefficient (Wildman–Crippen LogP) is 0.320. The Balaban J connectivity index is 2.87. The molecule has 0 saturated heterocycles. The van der Waals surface area contributed by atoms with E-state index >= 15 is 0 Å². The Morgan fingerprint density at radius 1 is 1.60 bits per heavy atom. The zero-order valence-electron chi connectivity index (χ0n) is 5.37. The van der Waals surface area contributed by atoms with E-state index in [0.717, 1.165) is 0 Å². The van der Waals surface area contributed by atoms with Gasteiger partial charge >= 0.3 is 0 Å². The van der Waals surface area contributed by atoms with Crippen molar-refractivity contribution in [3.63, 3.8) is 0 Å². The predicted molar refractivity (Wildman–Crippen MR) is 35.5 cm³/mol. The van der Waals surface area contributed by atoms with Gasteiger partial charge in [0.15, 0.2) is 5.76 Å². The highest BCUT2D eigenvalue weighted by Crippen LogP contribution is 2.13. The second-order valence-corrected chi connectivity index (χ2v) is 2.08. The first kappa shape index (κ1) is 7.02. The molecule has 10 heavy (non-hydrogen) atoms. The lowest BCUT2D eigenvalue weighted by Crippen LogP contribution is -2.08. The van der Waals surface area contributed by atoms with E-state index in [0.29, 0.717) is 12.0 Å². The molecule has 0 atom stereocenters. The minimum Gasteiger partial charge on any atom is -0.504 e. The van der Waals surface area contributed by atoms with Crippen molar-refractivity contribution in [1.82, 2.24) is 0 Å². The van der Waals surface area contributed by atoms with Crippen LogP contribution >= 0.6 is 0 Å². The molecule has 0 unspecified atom stereocenters. The summed E-state index contributed by atoms with van der Waals surface area (Å²) in [5.41, 5.74) is 0.396. The summed E-state index contributed by atoms with van der Waals surface area (Å²) in [6.07, 6.45) is 3.39. The Morgan fingerprint density at radius 2 is 2.30 bits per heavy atom. The van der Waals surface area contributed by atoms with Gasteiger partial charge in [-0.2, -0.15) is 0 Å². The van der Waals surface area contributed by atoms with E-state index in [1.165, 1.54) is 6.08 Å². The van der Waals surface area contributed by atoms with Crippen LogP contribution in [-0.4, -0.2) is 22.6 Å². The zero-order chi connectivity index (χ0) is 7.56. The molecule has 54 valence electrons. The van der Waals surface area contributed by atoms with Crippen molar-refractivity contribution in [1.29, 1.82) is 0 Å². The molecule has 2 N–H and O–H groups in total. The number of allylic oxidation sites excluding steroid dienone is 2. The van der Waals surface area contributed by atoms with Crippen LogP contribution in [0.2, 0.25) is 0 Å². The Kier molecular flexibility index (Phi) is 1.87. The lowest BCUT2D eigenvalue weighted by molar-refractivity contribution is -0.113. The van der Waals surface area contributed by atoms with Gasteiger partial charge in [-0.25, -0.2) is 0 Å². The summed E-state index contributed by atoms with van der Waals surface area (Å²) in [6, 6.07) is 0. The van der Waals surface area contributed by atoms with Crippen LogP contribution in [-0.2, 0) is 4.79 Å². The number of hydrogen-bond donors (Lipinski definition) is 2. The van der Waals surface area contributed by atoms with E-state index in [4.69, 9.17) is 10.2 Å². The minimum atomic E-state index is -0.421. The van der Waals surface area contributed by atoms with Crippen molar-refractivity contribution < 1.29 is 15.0 Å². The highest BCUT2D eigenvalue weighted by Gasteiger charge is 2.13. The Labute approximate surface area is 58.3 Å². The van der Waals surface area contributed by atoms with Gasteiger partial charge in [0.1, 0.15) is 0 Å². The van der Waals surface area contributed by atoms with Crippen molar-refractivity contribution in [2.75, 3.05) is 6.61 Å². The maximum absolute atomic E-state index is 10.7. The molecule has 1 rings (SSSR count). The van der Waals surface area contributed by atoms with Gasteiger partial charge in [-0.15, -0.1) is 0 Å². The number of ketones is 1. The van der Waals surface area contributed by atoms with Crippen molar-refractivity contribution in [2.45, 2.75) is 6.42 Å². The number of aliphatic hydroxyl groups excluding tert-OH is 2. The first-order valence-electron chi connectivity index (χ1n) is 2.98. The number of aliphatic hydroxyl groups is 2. The molecule has 0 saturated carbocycles. The van der Waals surface area contributed by atoms with Crippen LogP contribution in [0.25, 0.3) is 0 Å². The van der Waals surface area contributed by atoms with Crippen LogP contribution in [0.4, 0.5) is 0 Å². The van der Waals surface area contributed by atoms with E-state index in [-0.39, 0.29) is 12.4 Å². The molecule has 0 aliphatic heterocycles. The topological polar surface area (TPSA) is 57.5 Å². The summed E-state index contributed by atoms with van der Waals surface area (Å²) in [6.45, 7) is -0.248. The molecule has 0 aromatic carbocycles. The zero-order valence-corrected chi connectivity index (χ0v) is 5.37. The quantitative estimate of drug-likeness (QED) is 0.551. The van der Waals surface area contributed by atoms with Gasteiger partial charge in [0.2, 0.25) is 5.78 Å². The molecule has 0 bridgehead atoms. The lowest BCUT2D eigenvalue weighted by atomic mass is 10.0. The second-order valence-electron chi connectivity index (χ2n) is 2.08. The Hall–Kier alpha value is -1.09. The SMILES string of the molecule is O=C1C=CCC(CO)=C1O. The van der Waals surface area contributed by atoms with Crippen LogP contribution in [0.3, 0.4) is 0 Å². The molecular weight excluding hydrogens is 132 g/mol. The van der Waals surface area contributed by atoms with Crippen LogP contribution in [0.5, 0.6) is 0 Å². The first-order valence-corrected chi connectivity index (χ1v) is 2.98. The van der Waals surface area contributed by atoms with Crippen molar-refractivity contribution in [3.8, 4) is 0 Å². The second kappa shape index (κ2) is 2.66. The minimum absolute atomic E-state index is 0.248. The van der Waals surface area contributed by atoms with E-state index in [2.05, 4.69) is 0 Å². The fourth-order valence-electron chi connectivity index (χ4n) is 0.797. The van der Waals surface area contributed by atoms with Gasteiger partial charge < -0.3 is 10.2 Å². The monoisotopic (exact) mass is 140 g/mol. The van der Waals surface area contributed by atoms with Crippen molar-refractivity contribution in [3.05, 3.63) is 23.5 Å². The van der Waals surface area contributed by atoms with Gasteiger partial charge in [0.25, 0.3) is 0 Å². The highest BCUT2D eigenvalue weighted by atomic mass is 16.3. The smallest absolute Gasteiger partial charge is 0.219 e. The Morgan fingerprint density at radius 3 is 2.80 bits per heavy atom. The highest BCUT2D eigenvalue weighted by molar-refractivity contribution is 6.03. The standard InChI is InChI=1S/C7H8O3/c8-4-5-2-1-3-6(9)7(5)10/h1,3,8,10H,2,4H2. The summed E-state index contributed by atoms with van der Waals surface area (Å²) >= 11 is 0. The molecule has 0 aromatic rings. The van der Waals surface area contributed by atoms with E-state index in [1.807, 2.05) is 0 Å². The third kappa shape index (κ3) is 1.09. The third-order valence-electron chi connectivity index (χ3n) is 1.39. The molecule has 0 heterocycles. The molecule has 0 fully saturated rings. The molecule has 0 aromatic heterocycles. The molecule has 1 aliphatic carbocycles.